The smallest absolute Gasteiger partial charge is 0.339 e. The number of ether oxygens (including phenoxy) is 2. The number of carboxylic acids is 1. The Bertz CT molecular complexity index is 1140. The van der Waals surface area contributed by atoms with E-state index in [1.807, 2.05) is 6.92 Å². The zero-order valence-electron chi connectivity index (χ0n) is 18.3. The number of hydrogen-bond donors (Lipinski definition) is 1. The highest BCUT2D eigenvalue weighted by molar-refractivity contribution is 6.01. The number of amides is 1. The quantitative estimate of drug-likeness (QED) is 0.487. The van der Waals surface area contributed by atoms with Gasteiger partial charge in [-0.05, 0) is 48.4 Å². The molecule has 0 spiro atoms. The van der Waals surface area contributed by atoms with Crippen molar-refractivity contribution in [2.24, 2.45) is 0 Å². The van der Waals surface area contributed by atoms with Crippen LogP contribution in [-0.2, 0) is 25.5 Å². The SMILES string of the molecule is CCc1ccc(NC(=O)[C@@H](OC(=O)c2ccccc2)[C@H](OC(=O)c2ccccc2)C(=O)[O-])cc1. The van der Waals surface area contributed by atoms with Gasteiger partial charge in [0.2, 0.25) is 6.10 Å². The number of rotatable bonds is 9. The van der Waals surface area contributed by atoms with Crippen molar-refractivity contribution in [3.8, 4) is 0 Å². The Balaban J connectivity index is 1.88. The summed E-state index contributed by atoms with van der Waals surface area (Å²) in [5, 5.41) is 14.4. The minimum Gasteiger partial charge on any atom is -0.546 e. The molecule has 2 atom stereocenters. The minimum atomic E-state index is -2.20. The molecular formula is C26H22NO7-. The van der Waals surface area contributed by atoms with Crippen LogP contribution < -0.4 is 10.4 Å². The molecule has 3 aromatic carbocycles. The van der Waals surface area contributed by atoms with Crippen LogP contribution in [-0.4, -0.2) is 36.0 Å². The summed E-state index contributed by atoms with van der Waals surface area (Å²) in [6.07, 6.45) is -3.43. The molecule has 0 fully saturated rings. The fraction of sp³-hybridized carbons (Fsp3) is 0.154. The molecule has 0 aliphatic rings. The lowest BCUT2D eigenvalue weighted by molar-refractivity contribution is -0.317. The van der Waals surface area contributed by atoms with Crippen molar-refractivity contribution in [2.45, 2.75) is 25.6 Å². The zero-order chi connectivity index (χ0) is 24.5. The van der Waals surface area contributed by atoms with E-state index in [9.17, 15) is 24.3 Å². The maximum atomic E-state index is 13.0. The fourth-order valence-electron chi connectivity index (χ4n) is 3.04. The highest BCUT2D eigenvalue weighted by Gasteiger charge is 2.37. The predicted molar refractivity (Wildman–Crippen MR) is 121 cm³/mol. The normalized spacial score (nSPS) is 12.1. The lowest BCUT2D eigenvalue weighted by Crippen LogP contribution is -2.52. The summed E-state index contributed by atoms with van der Waals surface area (Å²) in [6.45, 7) is 1.97. The Hall–Kier alpha value is -4.46. The largest absolute Gasteiger partial charge is 0.546 e. The zero-order valence-corrected chi connectivity index (χ0v) is 18.3. The first-order chi connectivity index (χ1) is 16.4. The first-order valence-corrected chi connectivity index (χ1v) is 10.5. The standard InChI is InChI=1S/C26H23NO7/c1-2-17-13-15-20(16-14-17)27-23(28)21(33-25(31)18-9-5-3-6-10-18)22(24(29)30)34-26(32)19-11-7-4-8-12-19/h3-16,21-22H,2H2,1H3,(H,27,28)(H,29,30)/p-1/t21-,22-/m0/s1. The van der Waals surface area contributed by atoms with E-state index in [1.54, 1.807) is 60.7 Å². The Labute approximate surface area is 196 Å². The van der Waals surface area contributed by atoms with Gasteiger partial charge in [-0.2, -0.15) is 0 Å². The first kappa shape index (κ1) is 24.2. The Morgan fingerprint density at radius 2 is 1.21 bits per heavy atom. The van der Waals surface area contributed by atoms with Crippen LogP contribution in [0.4, 0.5) is 5.69 Å². The summed E-state index contributed by atoms with van der Waals surface area (Å²) in [5.74, 6) is -4.88. The molecule has 0 aromatic heterocycles. The van der Waals surface area contributed by atoms with Crippen LogP contribution in [0.3, 0.4) is 0 Å². The number of aryl methyl sites for hydroxylation is 1. The third-order valence-corrected chi connectivity index (χ3v) is 4.88. The lowest BCUT2D eigenvalue weighted by atomic mass is 10.1. The van der Waals surface area contributed by atoms with Crippen molar-refractivity contribution in [3.05, 3.63) is 102 Å². The molecule has 0 aliphatic carbocycles. The molecule has 3 rings (SSSR count). The van der Waals surface area contributed by atoms with Crippen LogP contribution in [0.15, 0.2) is 84.9 Å². The molecule has 8 nitrogen and oxygen atoms in total. The summed E-state index contributed by atoms with van der Waals surface area (Å²) in [5.41, 5.74) is 1.50. The molecule has 34 heavy (non-hydrogen) atoms. The second kappa shape index (κ2) is 11.4. The van der Waals surface area contributed by atoms with E-state index in [4.69, 9.17) is 9.47 Å². The average Bonchev–Trinajstić information content (AvgIpc) is 2.87. The molecule has 0 bridgehead atoms. The van der Waals surface area contributed by atoms with Crippen molar-refractivity contribution >= 4 is 29.5 Å². The number of anilines is 1. The molecule has 0 unspecified atom stereocenters. The molecule has 8 heteroatoms. The van der Waals surface area contributed by atoms with Crippen molar-refractivity contribution in [1.82, 2.24) is 0 Å². The number of benzene rings is 3. The van der Waals surface area contributed by atoms with E-state index >= 15 is 0 Å². The van der Waals surface area contributed by atoms with Gasteiger partial charge in [0.25, 0.3) is 5.91 Å². The number of aliphatic carboxylic acids is 1. The maximum Gasteiger partial charge on any atom is 0.339 e. The Kier molecular flexibility index (Phi) is 8.12. The van der Waals surface area contributed by atoms with Crippen LogP contribution in [0.1, 0.15) is 33.2 Å². The van der Waals surface area contributed by atoms with E-state index in [1.165, 1.54) is 24.3 Å². The molecule has 1 amide bonds. The Morgan fingerprint density at radius 3 is 1.65 bits per heavy atom. The number of carbonyl (C=O) groups excluding carboxylic acids is 4. The second-order valence-electron chi connectivity index (χ2n) is 7.24. The van der Waals surface area contributed by atoms with Gasteiger partial charge in [0.15, 0.2) is 6.10 Å². The maximum absolute atomic E-state index is 13.0. The van der Waals surface area contributed by atoms with E-state index in [-0.39, 0.29) is 11.1 Å². The number of carboxylic acid groups (broad SMARTS) is 1. The summed E-state index contributed by atoms with van der Waals surface area (Å²) >= 11 is 0. The molecule has 1 N–H and O–H groups in total. The van der Waals surface area contributed by atoms with Crippen LogP contribution in [0.2, 0.25) is 0 Å². The van der Waals surface area contributed by atoms with Crippen molar-refractivity contribution in [2.75, 3.05) is 5.32 Å². The van der Waals surface area contributed by atoms with Gasteiger partial charge in [0.1, 0.15) is 0 Å². The molecular weight excluding hydrogens is 438 g/mol. The number of nitrogens with one attached hydrogen (secondary N) is 1. The van der Waals surface area contributed by atoms with Crippen LogP contribution in [0, 0.1) is 0 Å². The molecule has 3 aromatic rings. The minimum absolute atomic E-state index is 0.0532. The fourth-order valence-corrected chi connectivity index (χ4v) is 3.04. The third-order valence-electron chi connectivity index (χ3n) is 4.88. The predicted octanol–water partition coefficient (Wildman–Crippen LogP) is 2.39. The highest BCUT2D eigenvalue weighted by Crippen LogP contribution is 2.16. The average molecular weight is 460 g/mol. The van der Waals surface area contributed by atoms with Gasteiger partial charge in [-0.1, -0.05) is 55.5 Å². The first-order valence-electron chi connectivity index (χ1n) is 10.5. The van der Waals surface area contributed by atoms with E-state index < -0.39 is 36.0 Å². The molecule has 0 saturated heterocycles. The third kappa shape index (κ3) is 6.29. The van der Waals surface area contributed by atoms with E-state index in [0.29, 0.717) is 5.69 Å². The summed E-state index contributed by atoms with van der Waals surface area (Å²) < 4.78 is 10.3. The molecule has 0 radical (unpaired) electrons. The molecule has 0 aliphatic heterocycles. The molecule has 0 heterocycles. The summed E-state index contributed by atoms with van der Waals surface area (Å²) in [7, 11) is 0. The van der Waals surface area contributed by atoms with Crippen molar-refractivity contribution < 1.29 is 33.8 Å². The lowest BCUT2D eigenvalue weighted by Gasteiger charge is -2.27. The molecule has 174 valence electrons. The number of esters is 2. The van der Waals surface area contributed by atoms with Gasteiger partial charge < -0.3 is 24.7 Å². The van der Waals surface area contributed by atoms with Gasteiger partial charge in [0.05, 0.1) is 17.1 Å². The van der Waals surface area contributed by atoms with Crippen LogP contribution in [0.25, 0.3) is 0 Å². The highest BCUT2D eigenvalue weighted by atomic mass is 16.6. The van der Waals surface area contributed by atoms with Crippen molar-refractivity contribution in [1.29, 1.82) is 0 Å². The topological polar surface area (TPSA) is 122 Å². The van der Waals surface area contributed by atoms with Crippen molar-refractivity contribution in [3.63, 3.8) is 0 Å². The van der Waals surface area contributed by atoms with E-state index in [0.717, 1.165) is 12.0 Å². The number of hydrogen-bond acceptors (Lipinski definition) is 7. The van der Waals surface area contributed by atoms with Gasteiger partial charge in [-0.15, -0.1) is 0 Å². The monoisotopic (exact) mass is 460 g/mol. The van der Waals surface area contributed by atoms with Gasteiger partial charge in [0, 0.05) is 5.69 Å². The summed E-state index contributed by atoms with van der Waals surface area (Å²) in [6, 6.07) is 22.1. The van der Waals surface area contributed by atoms with E-state index in [2.05, 4.69) is 5.32 Å². The molecule has 0 saturated carbocycles. The van der Waals surface area contributed by atoms with Crippen LogP contribution in [0.5, 0.6) is 0 Å². The second-order valence-corrected chi connectivity index (χ2v) is 7.24. The Morgan fingerprint density at radius 1 is 0.735 bits per heavy atom. The van der Waals surface area contributed by atoms with Crippen LogP contribution >= 0.6 is 0 Å². The summed E-state index contributed by atoms with van der Waals surface area (Å²) in [4.78, 5) is 50.0. The van der Waals surface area contributed by atoms with Gasteiger partial charge in [-0.3, -0.25) is 4.79 Å². The van der Waals surface area contributed by atoms with Gasteiger partial charge in [-0.25, -0.2) is 9.59 Å². The van der Waals surface area contributed by atoms with Gasteiger partial charge >= 0.3 is 11.9 Å². The number of carbonyl (C=O) groups is 4.